The average molecular weight is 381 g/mol. The van der Waals surface area contributed by atoms with Gasteiger partial charge in [-0.3, -0.25) is 0 Å². The van der Waals surface area contributed by atoms with Crippen LogP contribution in [-0.2, 0) is 16.1 Å². The van der Waals surface area contributed by atoms with Gasteiger partial charge >= 0.3 is 6.09 Å². The largest absolute Gasteiger partial charge is 0.445 e. The van der Waals surface area contributed by atoms with E-state index in [-0.39, 0.29) is 12.1 Å². The third-order valence-electron chi connectivity index (χ3n) is 5.43. The van der Waals surface area contributed by atoms with Crippen molar-refractivity contribution in [2.75, 3.05) is 37.7 Å². The van der Waals surface area contributed by atoms with Gasteiger partial charge in [-0.05, 0) is 36.5 Å². The van der Waals surface area contributed by atoms with Gasteiger partial charge in [-0.2, -0.15) is 0 Å². The van der Waals surface area contributed by atoms with E-state index in [4.69, 9.17) is 9.47 Å². The van der Waals surface area contributed by atoms with E-state index in [0.29, 0.717) is 6.61 Å². The molecule has 3 heterocycles. The molecule has 1 aromatic heterocycles. The molecule has 2 saturated heterocycles. The highest BCUT2D eigenvalue weighted by Gasteiger charge is 2.29. The van der Waals surface area contributed by atoms with Crippen molar-refractivity contribution < 1.29 is 14.3 Å². The number of carbonyl (C=O) groups is 1. The first-order valence-corrected chi connectivity index (χ1v) is 10.1. The van der Waals surface area contributed by atoms with Crippen LogP contribution in [0.15, 0.2) is 48.7 Å². The van der Waals surface area contributed by atoms with E-state index in [1.54, 1.807) is 0 Å². The van der Waals surface area contributed by atoms with Gasteiger partial charge in [-0.1, -0.05) is 36.4 Å². The van der Waals surface area contributed by atoms with Crippen LogP contribution in [-0.4, -0.2) is 48.8 Å². The molecule has 2 aliphatic heterocycles. The topological polar surface area (TPSA) is 54.9 Å². The first kappa shape index (κ1) is 18.7. The third kappa shape index (κ3) is 4.44. The first-order chi connectivity index (χ1) is 13.8. The molecule has 2 aromatic rings. The van der Waals surface area contributed by atoms with Crippen molar-refractivity contribution in [2.45, 2.75) is 31.9 Å². The molecule has 4 rings (SSSR count). The van der Waals surface area contributed by atoms with Gasteiger partial charge in [0.1, 0.15) is 12.4 Å². The Hall–Kier alpha value is -2.60. The number of piperidine rings is 1. The van der Waals surface area contributed by atoms with Gasteiger partial charge in [0.2, 0.25) is 0 Å². The molecule has 1 aromatic carbocycles. The standard InChI is InChI=1S/C22H27N3O3/c26-22(28-17-18-6-2-1-3-7-18)25-11-5-4-8-20(25)19-9-10-21(23-16-19)24-12-14-27-15-13-24/h1-3,6-7,9-10,16,20H,4-5,8,11-15,17H2/t20-/m0/s1. The Morgan fingerprint density at radius 3 is 2.64 bits per heavy atom. The molecule has 148 valence electrons. The summed E-state index contributed by atoms with van der Waals surface area (Å²) in [5.74, 6) is 0.973. The fourth-order valence-electron chi connectivity index (χ4n) is 3.87. The van der Waals surface area contributed by atoms with Crippen molar-refractivity contribution in [2.24, 2.45) is 0 Å². The van der Waals surface area contributed by atoms with E-state index in [0.717, 1.165) is 69.1 Å². The number of hydrogen-bond donors (Lipinski definition) is 0. The summed E-state index contributed by atoms with van der Waals surface area (Å²) >= 11 is 0. The van der Waals surface area contributed by atoms with Crippen molar-refractivity contribution in [3.63, 3.8) is 0 Å². The molecule has 6 heteroatoms. The molecule has 0 N–H and O–H groups in total. The van der Waals surface area contributed by atoms with E-state index < -0.39 is 0 Å². The fraction of sp³-hybridized carbons (Fsp3) is 0.455. The molecule has 0 aliphatic carbocycles. The summed E-state index contributed by atoms with van der Waals surface area (Å²) < 4.78 is 11.0. The van der Waals surface area contributed by atoms with E-state index in [1.165, 1.54) is 0 Å². The molecule has 1 atom stereocenters. The molecular weight excluding hydrogens is 354 g/mol. The number of carbonyl (C=O) groups excluding carboxylic acids is 1. The van der Waals surface area contributed by atoms with Gasteiger partial charge in [0.15, 0.2) is 0 Å². The Balaban J connectivity index is 1.42. The highest BCUT2D eigenvalue weighted by Crippen LogP contribution is 2.32. The predicted molar refractivity (Wildman–Crippen MR) is 107 cm³/mol. The smallest absolute Gasteiger partial charge is 0.410 e. The molecule has 0 radical (unpaired) electrons. The fourth-order valence-corrected chi connectivity index (χ4v) is 3.87. The van der Waals surface area contributed by atoms with E-state index in [1.807, 2.05) is 41.4 Å². The molecule has 0 unspecified atom stereocenters. The number of benzene rings is 1. The highest BCUT2D eigenvalue weighted by atomic mass is 16.6. The summed E-state index contributed by atoms with van der Waals surface area (Å²) in [4.78, 5) is 21.5. The number of rotatable bonds is 4. The maximum absolute atomic E-state index is 12.7. The van der Waals surface area contributed by atoms with Crippen molar-refractivity contribution >= 4 is 11.9 Å². The van der Waals surface area contributed by atoms with Crippen LogP contribution in [0.4, 0.5) is 10.6 Å². The maximum atomic E-state index is 12.7. The minimum atomic E-state index is -0.245. The van der Waals surface area contributed by atoms with E-state index >= 15 is 0 Å². The first-order valence-electron chi connectivity index (χ1n) is 10.1. The van der Waals surface area contributed by atoms with Crippen LogP contribution in [0.2, 0.25) is 0 Å². The van der Waals surface area contributed by atoms with Gasteiger partial charge in [0.25, 0.3) is 0 Å². The second kappa shape index (κ2) is 9.06. The normalized spacial score (nSPS) is 20.1. The number of amides is 1. The number of anilines is 1. The number of ether oxygens (including phenoxy) is 2. The van der Waals surface area contributed by atoms with Gasteiger partial charge in [-0.25, -0.2) is 9.78 Å². The zero-order chi connectivity index (χ0) is 19.2. The van der Waals surface area contributed by atoms with Gasteiger partial charge in [0.05, 0.1) is 19.3 Å². The maximum Gasteiger partial charge on any atom is 0.410 e. The van der Waals surface area contributed by atoms with E-state index in [9.17, 15) is 4.79 Å². The van der Waals surface area contributed by atoms with Crippen LogP contribution in [0.3, 0.4) is 0 Å². The molecular formula is C22H27N3O3. The number of likely N-dealkylation sites (tertiary alicyclic amines) is 1. The number of aromatic nitrogens is 1. The zero-order valence-electron chi connectivity index (χ0n) is 16.1. The summed E-state index contributed by atoms with van der Waals surface area (Å²) in [6, 6.07) is 14.0. The molecule has 2 aliphatic rings. The Morgan fingerprint density at radius 2 is 1.89 bits per heavy atom. The number of pyridine rings is 1. The molecule has 1 amide bonds. The van der Waals surface area contributed by atoms with Crippen molar-refractivity contribution in [1.82, 2.24) is 9.88 Å². The summed E-state index contributed by atoms with van der Waals surface area (Å²) in [6.45, 7) is 4.25. The summed E-state index contributed by atoms with van der Waals surface area (Å²) in [6.07, 6.45) is 4.73. The summed E-state index contributed by atoms with van der Waals surface area (Å²) in [5.41, 5.74) is 2.08. The molecule has 2 fully saturated rings. The quantitative estimate of drug-likeness (QED) is 0.807. The van der Waals surface area contributed by atoms with Crippen LogP contribution in [0, 0.1) is 0 Å². The Bertz CT molecular complexity index is 760. The van der Waals surface area contributed by atoms with Crippen LogP contribution < -0.4 is 4.90 Å². The van der Waals surface area contributed by atoms with Gasteiger partial charge < -0.3 is 19.3 Å². The minimum absolute atomic E-state index is 0.0308. The average Bonchev–Trinajstić information content (AvgIpc) is 2.79. The lowest BCUT2D eigenvalue weighted by Gasteiger charge is -2.35. The summed E-state index contributed by atoms with van der Waals surface area (Å²) in [7, 11) is 0. The lowest BCUT2D eigenvalue weighted by atomic mass is 9.97. The Labute approximate surface area is 166 Å². The van der Waals surface area contributed by atoms with Crippen LogP contribution >= 0.6 is 0 Å². The number of nitrogens with zero attached hydrogens (tertiary/aromatic N) is 3. The molecule has 0 spiro atoms. The van der Waals surface area contributed by atoms with Crippen molar-refractivity contribution in [3.8, 4) is 0 Å². The lowest BCUT2D eigenvalue weighted by molar-refractivity contribution is 0.0678. The van der Waals surface area contributed by atoms with E-state index in [2.05, 4.69) is 22.0 Å². The zero-order valence-corrected chi connectivity index (χ0v) is 16.1. The molecule has 0 saturated carbocycles. The molecule has 6 nitrogen and oxygen atoms in total. The van der Waals surface area contributed by atoms with Crippen LogP contribution in [0.5, 0.6) is 0 Å². The monoisotopic (exact) mass is 381 g/mol. The van der Waals surface area contributed by atoms with Gasteiger partial charge in [-0.15, -0.1) is 0 Å². The SMILES string of the molecule is O=C(OCc1ccccc1)N1CCCC[C@H]1c1ccc(N2CCOCC2)nc1. The lowest BCUT2D eigenvalue weighted by Crippen LogP contribution is -2.39. The third-order valence-corrected chi connectivity index (χ3v) is 5.43. The van der Waals surface area contributed by atoms with Crippen molar-refractivity contribution in [3.05, 3.63) is 59.8 Å². The van der Waals surface area contributed by atoms with Crippen LogP contribution in [0.25, 0.3) is 0 Å². The Kier molecular flexibility index (Phi) is 6.07. The molecule has 28 heavy (non-hydrogen) atoms. The second-order valence-electron chi connectivity index (χ2n) is 7.29. The summed E-state index contributed by atoms with van der Waals surface area (Å²) in [5, 5.41) is 0. The Morgan fingerprint density at radius 1 is 1.07 bits per heavy atom. The number of hydrogen-bond acceptors (Lipinski definition) is 5. The second-order valence-corrected chi connectivity index (χ2v) is 7.29. The highest BCUT2D eigenvalue weighted by molar-refractivity contribution is 5.68. The predicted octanol–water partition coefficient (Wildman–Crippen LogP) is 3.78. The van der Waals surface area contributed by atoms with Crippen LogP contribution in [0.1, 0.15) is 36.4 Å². The van der Waals surface area contributed by atoms with Gasteiger partial charge in [0, 0.05) is 25.8 Å². The minimum Gasteiger partial charge on any atom is -0.445 e. The number of morpholine rings is 1. The molecule has 0 bridgehead atoms. The van der Waals surface area contributed by atoms with Crippen molar-refractivity contribution in [1.29, 1.82) is 0 Å².